The van der Waals surface area contributed by atoms with Gasteiger partial charge in [0.05, 0.1) is 12.2 Å². The number of ether oxygens (including phenoxy) is 1. The standard InChI is InChI=1S/C14H19NO4/c1-2-10-19-12-7-4-3-6-11(12)14(18)15-9-5-8-13(16)17/h3-4,6-7H,2,5,8-10H2,1H3,(H,15,18)(H,16,17)/p-1. The minimum atomic E-state index is -1.11. The lowest BCUT2D eigenvalue weighted by atomic mass is 10.2. The fraction of sp³-hybridized carbons (Fsp3) is 0.429. The predicted octanol–water partition coefficient (Wildman–Crippen LogP) is 0.735. The Morgan fingerprint density at radius 2 is 2.05 bits per heavy atom. The van der Waals surface area contributed by atoms with Gasteiger partial charge in [-0.1, -0.05) is 19.1 Å². The minimum Gasteiger partial charge on any atom is -0.550 e. The first kappa shape index (κ1) is 15.0. The molecule has 1 aromatic rings. The maximum Gasteiger partial charge on any atom is 0.255 e. The molecule has 0 aliphatic heterocycles. The molecule has 0 aliphatic rings. The SMILES string of the molecule is CCCOc1ccccc1C(=O)NCCCC(=O)[O-]. The lowest BCUT2D eigenvalue weighted by molar-refractivity contribution is -0.305. The lowest BCUT2D eigenvalue weighted by Crippen LogP contribution is -2.27. The normalized spacial score (nSPS) is 9.95. The van der Waals surface area contributed by atoms with Crippen LogP contribution in [-0.2, 0) is 4.79 Å². The second-order valence-corrected chi connectivity index (χ2v) is 4.08. The van der Waals surface area contributed by atoms with E-state index in [4.69, 9.17) is 4.74 Å². The Kier molecular flexibility index (Phi) is 6.43. The quantitative estimate of drug-likeness (QED) is 0.702. The second-order valence-electron chi connectivity index (χ2n) is 4.08. The first-order valence-electron chi connectivity index (χ1n) is 6.35. The van der Waals surface area contributed by atoms with Crippen LogP contribution in [-0.4, -0.2) is 25.0 Å². The topological polar surface area (TPSA) is 78.5 Å². The Labute approximate surface area is 112 Å². The summed E-state index contributed by atoms with van der Waals surface area (Å²) in [4.78, 5) is 22.2. The van der Waals surface area contributed by atoms with Gasteiger partial charge < -0.3 is 20.0 Å². The van der Waals surface area contributed by atoms with Crippen LogP contribution in [0.15, 0.2) is 24.3 Å². The molecule has 0 unspecified atom stereocenters. The van der Waals surface area contributed by atoms with Crippen molar-refractivity contribution in [1.82, 2.24) is 5.32 Å². The molecule has 0 aromatic heterocycles. The molecule has 1 N–H and O–H groups in total. The summed E-state index contributed by atoms with van der Waals surface area (Å²) in [7, 11) is 0. The fourth-order valence-electron chi connectivity index (χ4n) is 1.52. The smallest absolute Gasteiger partial charge is 0.255 e. The average molecular weight is 264 g/mol. The Morgan fingerprint density at radius 3 is 2.74 bits per heavy atom. The fourth-order valence-corrected chi connectivity index (χ4v) is 1.52. The first-order chi connectivity index (χ1) is 9.15. The van der Waals surface area contributed by atoms with Gasteiger partial charge in [0.1, 0.15) is 5.75 Å². The largest absolute Gasteiger partial charge is 0.550 e. The van der Waals surface area contributed by atoms with Crippen molar-refractivity contribution in [3.63, 3.8) is 0 Å². The zero-order valence-electron chi connectivity index (χ0n) is 11.0. The summed E-state index contributed by atoms with van der Waals surface area (Å²) in [6.07, 6.45) is 1.15. The maximum atomic E-state index is 11.9. The summed E-state index contributed by atoms with van der Waals surface area (Å²) in [6, 6.07) is 6.98. The summed E-state index contributed by atoms with van der Waals surface area (Å²) < 4.78 is 5.49. The number of nitrogens with one attached hydrogen (secondary N) is 1. The molecule has 0 heterocycles. The highest BCUT2D eigenvalue weighted by molar-refractivity contribution is 5.96. The number of para-hydroxylation sites is 1. The molecule has 5 nitrogen and oxygen atoms in total. The van der Waals surface area contributed by atoms with E-state index >= 15 is 0 Å². The maximum absolute atomic E-state index is 11.9. The van der Waals surface area contributed by atoms with Gasteiger partial charge in [0.25, 0.3) is 5.91 Å². The third-order valence-electron chi connectivity index (χ3n) is 2.44. The van der Waals surface area contributed by atoms with Gasteiger partial charge in [-0.25, -0.2) is 0 Å². The molecule has 0 saturated carbocycles. The first-order valence-corrected chi connectivity index (χ1v) is 6.35. The Morgan fingerprint density at radius 1 is 1.32 bits per heavy atom. The van der Waals surface area contributed by atoms with Crippen molar-refractivity contribution < 1.29 is 19.4 Å². The molecule has 0 bridgehead atoms. The van der Waals surface area contributed by atoms with Gasteiger partial charge in [-0.3, -0.25) is 4.79 Å². The highest BCUT2D eigenvalue weighted by atomic mass is 16.5. The molecular formula is C14H18NO4-. The number of carboxylic acid groups (broad SMARTS) is 1. The molecule has 1 aromatic carbocycles. The Hall–Kier alpha value is -2.04. The van der Waals surface area contributed by atoms with Crippen molar-refractivity contribution in [2.75, 3.05) is 13.2 Å². The Balaban J connectivity index is 2.53. The number of amides is 1. The van der Waals surface area contributed by atoms with E-state index in [2.05, 4.69) is 5.32 Å². The van der Waals surface area contributed by atoms with Crippen LogP contribution in [0.4, 0.5) is 0 Å². The van der Waals surface area contributed by atoms with Gasteiger partial charge in [-0.2, -0.15) is 0 Å². The minimum absolute atomic E-state index is 0.0612. The van der Waals surface area contributed by atoms with Gasteiger partial charge in [0.15, 0.2) is 0 Å². The summed E-state index contributed by atoms with van der Waals surface area (Å²) in [6.45, 7) is 2.84. The van der Waals surface area contributed by atoms with E-state index in [0.717, 1.165) is 6.42 Å². The number of hydrogen-bond acceptors (Lipinski definition) is 4. The van der Waals surface area contributed by atoms with Crippen molar-refractivity contribution in [3.8, 4) is 5.75 Å². The van der Waals surface area contributed by atoms with Crippen LogP contribution in [0.3, 0.4) is 0 Å². The van der Waals surface area contributed by atoms with Crippen LogP contribution in [0, 0.1) is 0 Å². The van der Waals surface area contributed by atoms with Gasteiger partial charge in [-0.15, -0.1) is 0 Å². The van der Waals surface area contributed by atoms with Crippen LogP contribution in [0.5, 0.6) is 5.75 Å². The van der Waals surface area contributed by atoms with E-state index in [9.17, 15) is 14.7 Å². The third-order valence-corrected chi connectivity index (χ3v) is 2.44. The monoisotopic (exact) mass is 264 g/mol. The second kappa shape index (κ2) is 8.13. The summed E-state index contributed by atoms with van der Waals surface area (Å²) in [5, 5.41) is 12.9. The van der Waals surface area contributed by atoms with Crippen molar-refractivity contribution >= 4 is 11.9 Å². The van der Waals surface area contributed by atoms with Crippen molar-refractivity contribution in [2.24, 2.45) is 0 Å². The lowest BCUT2D eigenvalue weighted by Gasteiger charge is -2.11. The summed E-state index contributed by atoms with van der Waals surface area (Å²) in [5.41, 5.74) is 0.462. The molecule has 5 heteroatoms. The number of carboxylic acids is 1. The van der Waals surface area contributed by atoms with E-state index in [1.807, 2.05) is 6.92 Å². The van der Waals surface area contributed by atoms with Crippen LogP contribution in [0.2, 0.25) is 0 Å². The molecule has 0 atom stereocenters. The van der Waals surface area contributed by atoms with Gasteiger partial charge in [-0.05, 0) is 31.4 Å². The zero-order chi connectivity index (χ0) is 14.1. The number of benzene rings is 1. The molecule has 0 saturated heterocycles. The van der Waals surface area contributed by atoms with Crippen LogP contribution in [0.1, 0.15) is 36.5 Å². The van der Waals surface area contributed by atoms with Crippen LogP contribution in [0.25, 0.3) is 0 Å². The third kappa shape index (κ3) is 5.42. The number of hydrogen-bond donors (Lipinski definition) is 1. The number of rotatable bonds is 8. The van der Waals surface area contributed by atoms with E-state index in [-0.39, 0.29) is 12.3 Å². The average Bonchev–Trinajstić information content (AvgIpc) is 2.41. The van der Waals surface area contributed by atoms with Crippen molar-refractivity contribution in [1.29, 1.82) is 0 Å². The van der Waals surface area contributed by atoms with E-state index in [1.165, 1.54) is 0 Å². The molecular weight excluding hydrogens is 246 g/mol. The number of carbonyl (C=O) groups is 2. The Bertz CT molecular complexity index is 431. The number of aliphatic carboxylic acids is 1. The summed E-state index contributed by atoms with van der Waals surface area (Å²) >= 11 is 0. The highest BCUT2D eigenvalue weighted by Crippen LogP contribution is 2.17. The van der Waals surface area contributed by atoms with Gasteiger partial charge in [0.2, 0.25) is 0 Å². The molecule has 19 heavy (non-hydrogen) atoms. The van der Waals surface area contributed by atoms with Gasteiger partial charge >= 0.3 is 0 Å². The summed E-state index contributed by atoms with van der Waals surface area (Å²) in [5.74, 6) is -0.826. The number of carbonyl (C=O) groups excluding carboxylic acids is 2. The van der Waals surface area contributed by atoms with Crippen molar-refractivity contribution in [2.45, 2.75) is 26.2 Å². The predicted molar refractivity (Wildman–Crippen MR) is 68.8 cm³/mol. The highest BCUT2D eigenvalue weighted by Gasteiger charge is 2.10. The molecule has 1 rings (SSSR count). The van der Waals surface area contributed by atoms with E-state index in [1.54, 1.807) is 24.3 Å². The molecule has 0 fully saturated rings. The molecule has 1 amide bonds. The zero-order valence-corrected chi connectivity index (χ0v) is 11.0. The van der Waals surface area contributed by atoms with Gasteiger partial charge in [0, 0.05) is 12.5 Å². The van der Waals surface area contributed by atoms with Crippen molar-refractivity contribution in [3.05, 3.63) is 29.8 Å². The van der Waals surface area contributed by atoms with E-state index in [0.29, 0.717) is 30.9 Å². The van der Waals surface area contributed by atoms with Crippen LogP contribution < -0.4 is 15.2 Å². The van der Waals surface area contributed by atoms with Crippen LogP contribution >= 0.6 is 0 Å². The molecule has 104 valence electrons. The molecule has 0 radical (unpaired) electrons. The van der Waals surface area contributed by atoms with E-state index < -0.39 is 5.97 Å². The molecule has 0 aliphatic carbocycles. The molecule has 0 spiro atoms.